The molecule has 1 fully saturated rings. The normalized spacial score (nSPS) is 32.1. The molecule has 1 saturated carbocycles. The van der Waals surface area contributed by atoms with E-state index in [4.69, 9.17) is 5.73 Å². The molecule has 0 bridgehead atoms. The highest BCUT2D eigenvalue weighted by atomic mass is 15.2. The zero-order chi connectivity index (χ0) is 11.8. The predicted octanol–water partition coefficient (Wildman–Crippen LogP) is 2.40. The highest BCUT2D eigenvalue weighted by molar-refractivity contribution is 5.15. The van der Waals surface area contributed by atoms with Gasteiger partial charge in [-0.3, -0.25) is 4.90 Å². The molecule has 2 aliphatic rings. The van der Waals surface area contributed by atoms with Gasteiger partial charge >= 0.3 is 0 Å². The van der Waals surface area contributed by atoms with E-state index in [2.05, 4.69) is 31.7 Å². The highest BCUT2D eigenvalue weighted by Crippen LogP contribution is 2.35. The molecule has 0 radical (unpaired) electrons. The molecule has 1 heterocycles. The third-order valence-corrected chi connectivity index (χ3v) is 4.35. The van der Waals surface area contributed by atoms with Gasteiger partial charge in [0.1, 0.15) is 0 Å². The van der Waals surface area contributed by atoms with Gasteiger partial charge in [0.15, 0.2) is 0 Å². The second kappa shape index (κ2) is 4.50. The molecule has 1 aliphatic carbocycles. The van der Waals surface area contributed by atoms with Crippen molar-refractivity contribution in [2.45, 2.75) is 46.1 Å². The molecule has 0 saturated heterocycles. The Labute approximate surface area is 99.9 Å². The SMILES string of the molecule is CC(C)(C)C1=CCN(C2CCC2CN)CC1. The van der Waals surface area contributed by atoms with Crippen molar-refractivity contribution < 1.29 is 0 Å². The van der Waals surface area contributed by atoms with Crippen LogP contribution in [-0.2, 0) is 0 Å². The van der Waals surface area contributed by atoms with E-state index in [9.17, 15) is 0 Å². The third-order valence-electron chi connectivity index (χ3n) is 4.35. The van der Waals surface area contributed by atoms with Crippen molar-refractivity contribution >= 4 is 0 Å². The average molecular weight is 222 g/mol. The van der Waals surface area contributed by atoms with E-state index in [1.54, 1.807) is 5.57 Å². The maximum atomic E-state index is 5.79. The quantitative estimate of drug-likeness (QED) is 0.727. The Morgan fingerprint density at radius 1 is 1.38 bits per heavy atom. The fourth-order valence-corrected chi connectivity index (χ4v) is 2.97. The Bertz CT molecular complexity index is 273. The lowest BCUT2D eigenvalue weighted by Gasteiger charge is -2.46. The van der Waals surface area contributed by atoms with E-state index in [0.29, 0.717) is 5.41 Å². The molecule has 16 heavy (non-hydrogen) atoms. The van der Waals surface area contributed by atoms with Gasteiger partial charge < -0.3 is 5.73 Å². The molecular weight excluding hydrogens is 196 g/mol. The summed E-state index contributed by atoms with van der Waals surface area (Å²) in [5, 5.41) is 0. The molecule has 2 unspecified atom stereocenters. The first-order chi connectivity index (χ1) is 7.52. The van der Waals surface area contributed by atoms with Crippen molar-refractivity contribution in [2.75, 3.05) is 19.6 Å². The molecule has 2 N–H and O–H groups in total. The van der Waals surface area contributed by atoms with Gasteiger partial charge in [-0.2, -0.15) is 0 Å². The zero-order valence-electron chi connectivity index (χ0n) is 11.0. The third kappa shape index (κ3) is 2.33. The lowest BCUT2D eigenvalue weighted by Crippen LogP contribution is -2.51. The first kappa shape index (κ1) is 12.1. The standard InChI is InChI=1S/C14H26N2/c1-14(2,3)12-6-8-16(9-7-12)13-5-4-11(13)10-15/h6,11,13H,4-5,7-10,15H2,1-3H3. The van der Waals surface area contributed by atoms with E-state index in [1.165, 1.54) is 25.8 Å². The lowest BCUT2D eigenvalue weighted by molar-refractivity contribution is 0.0717. The van der Waals surface area contributed by atoms with E-state index >= 15 is 0 Å². The van der Waals surface area contributed by atoms with Crippen molar-refractivity contribution in [3.63, 3.8) is 0 Å². The minimum atomic E-state index is 0.360. The van der Waals surface area contributed by atoms with Crippen LogP contribution in [0, 0.1) is 11.3 Å². The maximum absolute atomic E-state index is 5.79. The smallest absolute Gasteiger partial charge is 0.0169 e. The summed E-state index contributed by atoms with van der Waals surface area (Å²) < 4.78 is 0. The van der Waals surface area contributed by atoms with Crippen LogP contribution in [0.3, 0.4) is 0 Å². The number of hydrogen-bond acceptors (Lipinski definition) is 2. The summed E-state index contributed by atoms with van der Waals surface area (Å²) in [6, 6.07) is 0.780. The van der Waals surface area contributed by atoms with Crippen molar-refractivity contribution in [3.05, 3.63) is 11.6 Å². The van der Waals surface area contributed by atoms with Crippen LogP contribution < -0.4 is 5.73 Å². The Morgan fingerprint density at radius 3 is 2.50 bits per heavy atom. The highest BCUT2D eigenvalue weighted by Gasteiger charge is 2.35. The summed E-state index contributed by atoms with van der Waals surface area (Å²) in [7, 11) is 0. The van der Waals surface area contributed by atoms with Crippen LogP contribution >= 0.6 is 0 Å². The first-order valence-corrected chi connectivity index (χ1v) is 6.66. The van der Waals surface area contributed by atoms with Gasteiger partial charge in [0.05, 0.1) is 0 Å². The Morgan fingerprint density at radius 2 is 2.12 bits per heavy atom. The molecule has 92 valence electrons. The van der Waals surface area contributed by atoms with Crippen LogP contribution in [0.1, 0.15) is 40.0 Å². The summed E-state index contributed by atoms with van der Waals surface area (Å²) in [4.78, 5) is 2.64. The van der Waals surface area contributed by atoms with E-state index in [-0.39, 0.29) is 0 Å². The lowest BCUT2D eigenvalue weighted by atomic mass is 9.77. The summed E-state index contributed by atoms with van der Waals surface area (Å²) in [6.45, 7) is 10.2. The van der Waals surface area contributed by atoms with Gasteiger partial charge in [-0.25, -0.2) is 0 Å². The molecule has 2 rings (SSSR count). The van der Waals surface area contributed by atoms with E-state index < -0.39 is 0 Å². The van der Waals surface area contributed by atoms with Crippen LogP contribution in [0.15, 0.2) is 11.6 Å². The van der Waals surface area contributed by atoms with Crippen molar-refractivity contribution in [1.82, 2.24) is 4.90 Å². The number of nitrogens with two attached hydrogens (primary N) is 1. The van der Waals surface area contributed by atoms with Crippen LogP contribution in [0.4, 0.5) is 0 Å². The zero-order valence-corrected chi connectivity index (χ0v) is 11.0. The maximum Gasteiger partial charge on any atom is 0.0169 e. The van der Waals surface area contributed by atoms with Gasteiger partial charge in [0.2, 0.25) is 0 Å². The van der Waals surface area contributed by atoms with Crippen LogP contribution in [-0.4, -0.2) is 30.6 Å². The molecule has 0 spiro atoms. The molecule has 0 aromatic heterocycles. The second-order valence-electron chi connectivity index (χ2n) is 6.36. The summed E-state index contributed by atoms with van der Waals surface area (Å²) >= 11 is 0. The van der Waals surface area contributed by atoms with E-state index in [1.807, 2.05) is 0 Å². The average Bonchev–Trinajstić information content (AvgIpc) is 2.16. The molecule has 2 nitrogen and oxygen atoms in total. The second-order valence-corrected chi connectivity index (χ2v) is 6.36. The minimum absolute atomic E-state index is 0.360. The number of hydrogen-bond donors (Lipinski definition) is 1. The molecule has 0 amide bonds. The minimum Gasteiger partial charge on any atom is -0.330 e. The van der Waals surface area contributed by atoms with Gasteiger partial charge in [0.25, 0.3) is 0 Å². The molecule has 0 aromatic rings. The van der Waals surface area contributed by atoms with Crippen LogP contribution in [0.5, 0.6) is 0 Å². The Balaban J connectivity index is 1.92. The molecule has 1 aliphatic heterocycles. The van der Waals surface area contributed by atoms with Gasteiger partial charge in [-0.15, -0.1) is 0 Å². The summed E-state index contributed by atoms with van der Waals surface area (Å²) in [5.41, 5.74) is 7.78. The number of rotatable bonds is 2. The Hall–Kier alpha value is -0.340. The van der Waals surface area contributed by atoms with E-state index in [0.717, 1.165) is 25.0 Å². The summed E-state index contributed by atoms with van der Waals surface area (Å²) in [6.07, 6.45) is 6.40. The predicted molar refractivity (Wildman–Crippen MR) is 69.3 cm³/mol. The first-order valence-electron chi connectivity index (χ1n) is 6.66. The molecule has 2 atom stereocenters. The molecular formula is C14H26N2. The molecule has 2 heteroatoms. The summed E-state index contributed by atoms with van der Waals surface area (Å²) in [5.74, 6) is 0.768. The topological polar surface area (TPSA) is 29.3 Å². The van der Waals surface area contributed by atoms with Gasteiger partial charge in [0, 0.05) is 19.1 Å². The monoisotopic (exact) mass is 222 g/mol. The van der Waals surface area contributed by atoms with Crippen molar-refractivity contribution in [1.29, 1.82) is 0 Å². The fourth-order valence-electron chi connectivity index (χ4n) is 2.97. The Kier molecular flexibility index (Phi) is 3.41. The fraction of sp³-hybridized carbons (Fsp3) is 0.857. The number of nitrogens with zero attached hydrogens (tertiary/aromatic N) is 1. The van der Waals surface area contributed by atoms with Gasteiger partial charge in [-0.05, 0) is 37.1 Å². The largest absolute Gasteiger partial charge is 0.330 e. The van der Waals surface area contributed by atoms with Gasteiger partial charge in [-0.1, -0.05) is 32.4 Å². The van der Waals surface area contributed by atoms with Crippen molar-refractivity contribution in [3.8, 4) is 0 Å². The molecule has 0 aromatic carbocycles. The van der Waals surface area contributed by atoms with Crippen LogP contribution in [0.25, 0.3) is 0 Å². The van der Waals surface area contributed by atoms with Crippen molar-refractivity contribution in [2.24, 2.45) is 17.1 Å². The van der Waals surface area contributed by atoms with Crippen LogP contribution in [0.2, 0.25) is 0 Å².